The molecule has 1 nitrogen and oxygen atoms in total. The molecule has 0 amide bonds. The van der Waals surface area contributed by atoms with Crippen LogP contribution in [0.3, 0.4) is 0 Å². The fraction of sp³-hybridized carbons (Fsp3) is 0.417. The van der Waals surface area contributed by atoms with E-state index in [2.05, 4.69) is 32.0 Å². The molecule has 0 saturated heterocycles. The first-order chi connectivity index (χ1) is 6.20. The minimum absolute atomic E-state index is 0.759. The summed E-state index contributed by atoms with van der Waals surface area (Å²) in [6, 6.07) is 6.27. The lowest BCUT2D eigenvalue weighted by atomic mass is 9.95. The summed E-state index contributed by atoms with van der Waals surface area (Å²) in [7, 11) is 0. The molecule has 1 aromatic carbocycles. The van der Waals surface area contributed by atoms with Crippen LogP contribution >= 0.6 is 0 Å². The Labute approximate surface area is 80.3 Å². The van der Waals surface area contributed by atoms with Crippen LogP contribution in [0.25, 0.3) is 0 Å². The Morgan fingerprint density at radius 2 is 2.00 bits per heavy atom. The van der Waals surface area contributed by atoms with Gasteiger partial charge >= 0.3 is 0 Å². The van der Waals surface area contributed by atoms with Crippen molar-refractivity contribution in [3.8, 4) is 0 Å². The van der Waals surface area contributed by atoms with E-state index in [1.54, 1.807) is 0 Å². The highest BCUT2D eigenvalue weighted by molar-refractivity contribution is 6.00. The van der Waals surface area contributed by atoms with E-state index >= 15 is 0 Å². The van der Waals surface area contributed by atoms with Gasteiger partial charge in [0.15, 0.2) is 0 Å². The van der Waals surface area contributed by atoms with Crippen molar-refractivity contribution in [2.24, 2.45) is 0 Å². The van der Waals surface area contributed by atoms with Gasteiger partial charge in [0.2, 0.25) is 0 Å². The quantitative estimate of drug-likeness (QED) is 0.681. The zero-order valence-corrected chi connectivity index (χ0v) is 8.65. The molecule has 0 atom stereocenters. The fourth-order valence-corrected chi connectivity index (χ4v) is 1.63. The van der Waals surface area contributed by atoms with Gasteiger partial charge in [0.1, 0.15) is 0 Å². The van der Waals surface area contributed by atoms with Crippen LogP contribution in [0.15, 0.2) is 18.2 Å². The second-order valence-electron chi connectivity index (χ2n) is 3.29. The van der Waals surface area contributed by atoms with Crippen LogP contribution in [0.1, 0.15) is 37.0 Å². The average molecular weight is 175 g/mol. The number of hydrogen-bond acceptors (Lipinski definition) is 1. The number of rotatable bonds is 3. The Kier molecular flexibility index (Phi) is 3.24. The van der Waals surface area contributed by atoms with E-state index in [0.29, 0.717) is 0 Å². The molecule has 0 heterocycles. The molecule has 0 unspecified atom stereocenters. The molecule has 1 aromatic rings. The van der Waals surface area contributed by atoms with E-state index in [1.165, 1.54) is 11.1 Å². The lowest BCUT2D eigenvalue weighted by molar-refractivity contribution is 1.11. The predicted octanol–water partition coefficient (Wildman–Crippen LogP) is 3.34. The number of benzene rings is 1. The molecule has 13 heavy (non-hydrogen) atoms. The lowest BCUT2D eigenvalue weighted by Gasteiger charge is -2.10. The summed E-state index contributed by atoms with van der Waals surface area (Å²) < 4.78 is 0. The number of hydrogen-bond donors (Lipinski definition) is 1. The maximum absolute atomic E-state index is 7.86. The van der Waals surface area contributed by atoms with Crippen molar-refractivity contribution < 1.29 is 0 Å². The first-order valence-electron chi connectivity index (χ1n) is 4.87. The molecule has 0 aliphatic carbocycles. The standard InChI is InChI=1S/C12H17N/c1-4-10-8-6-7-9(3)12(10)11(13)5-2/h6-8,13H,4-5H2,1-3H3. The zero-order valence-electron chi connectivity index (χ0n) is 8.65. The Bertz CT molecular complexity index is 313. The van der Waals surface area contributed by atoms with Crippen molar-refractivity contribution >= 4 is 5.71 Å². The average Bonchev–Trinajstić information content (AvgIpc) is 2.16. The Morgan fingerprint density at radius 3 is 2.54 bits per heavy atom. The van der Waals surface area contributed by atoms with E-state index in [1.807, 2.05) is 6.92 Å². The smallest absolute Gasteiger partial charge is 0.0388 e. The third kappa shape index (κ3) is 1.97. The van der Waals surface area contributed by atoms with Gasteiger partial charge in [0.05, 0.1) is 0 Å². The minimum atomic E-state index is 0.759. The van der Waals surface area contributed by atoms with Crippen LogP contribution in [0, 0.1) is 12.3 Å². The zero-order chi connectivity index (χ0) is 9.84. The van der Waals surface area contributed by atoms with Crippen LogP contribution in [-0.4, -0.2) is 5.71 Å². The van der Waals surface area contributed by atoms with Gasteiger partial charge in [0.25, 0.3) is 0 Å². The Hall–Kier alpha value is -1.11. The fourth-order valence-electron chi connectivity index (χ4n) is 1.63. The van der Waals surface area contributed by atoms with Crippen LogP contribution in [0.2, 0.25) is 0 Å². The van der Waals surface area contributed by atoms with E-state index in [-0.39, 0.29) is 0 Å². The Balaban J connectivity index is 3.22. The number of aryl methyl sites for hydroxylation is 2. The third-order valence-electron chi connectivity index (χ3n) is 2.40. The molecular formula is C12H17N. The van der Waals surface area contributed by atoms with Crippen LogP contribution in [0.4, 0.5) is 0 Å². The van der Waals surface area contributed by atoms with E-state index < -0.39 is 0 Å². The first-order valence-corrected chi connectivity index (χ1v) is 4.87. The largest absolute Gasteiger partial charge is 0.305 e. The van der Waals surface area contributed by atoms with Crippen LogP contribution in [-0.2, 0) is 6.42 Å². The predicted molar refractivity (Wildman–Crippen MR) is 57.7 cm³/mol. The molecule has 0 bridgehead atoms. The maximum Gasteiger partial charge on any atom is 0.0388 e. The van der Waals surface area contributed by atoms with Gasteiger partial charge in [-0.05, 0) is 30.9 Å². The van der Waals surface area contributed by atoms with Gasteiger partial charge in [-0.2, -0.15) is 0 Å². The van der Waals surface area contributed by atoms with Crippen molar-refractivity contribution in [2.45, 2.75) is 33.6 Å². The topological polar surface area (TPSA) is 23.9 Å². The summed E-state index contributed by atoms with van der Waals surface area (Å²) in [5, 5.41) is 7.86. The molecule has 70 valence electrons. The van der Waals surface area contributed by atoms with Gasteiger partial charge < -0.3 is 5.41 Å². The molecule has 0 aliphatic heterocycles. The SMILES string of the molecule is CCC(=N)c1c(C)cccc1CC. The summed E-state index contributed by atoms with van der Waals surface area (Å²) in [5.41, 5.74) is 4.44. The minimum Gasteiger partial charge on any atom is -0.305 e. The number of nitrogens with one attached hydrogen (secondary N) is 1. The van der Waals surface area contributed by atoms with Crippen molar-refractivity contribution in [3.05, 3.63) is 34.9 Å². The van der Waals surface area contributed by atoms with Gasteiger partial charge in [0, 0.05) is 11.3 Å². The van der Waals surface area contributed by atoms with Gasteiger partial charge in [-0.1, -0.05) is 32.0 Å². The second-order valence-corrected chi connectivity index (χ2v) is 3.29. The van der Waals surface area contributed by atoms with Gasteiger partial charge in [-0.15, -0.1) is 0 Å². The van der Waals surface area contributed by atoms with Crippen molar-refractivity contribution in [3.63, 3.8) is 0 Å². The van der Waals surface area contributed by atoms with E-state index in [9.17, 15) is 0 Å². The Morgan fingerprint density at radius 1 is 1.31 bits per heavy atom. The van der Waals surface area contributed by atoms with Crippen molar-refractivity contribution in [1.29, 1.82) is 5.41 Å². The van der Waals surface area contributed by atoms with Crippen molar-refractivity contribution in [2.75, 3.05) is 0 Å². The second kappa shape index (κ2) is 4.22. The van der Waals surface area contributed by atoms with Gasteiger partial charge in [-0.25, -0.2) is 0 Å². The van der Waals surface area contributed by atoms with Crippen LogP contribution < -0.4 is 0 Å². The molecule has 0 fully saturated rings. The summed E-state index contributed by atoms with van der Waals surface area (Å²) in [5.74, 6) is 0. The monoisotopic (exact) mass is 175 g/mol. The highest BCUT2D eigenvalue weighted by Crippen LogP contribution is 2.16. The summed E-state index contributed by atoms with van der Waals surface area (Å²) in [6.45, 7) is 6.26. The summed E-state index contributed by atoms with van der Waals surface area (Å²) >= 11 is 0. The van der Waals surface area contributed by atoms with E-state index in [4.69, 9.17) is 5.41 Å². The molecule has 1 rings (SSSR count). The summed E-state index contributed by atoms with van der Waals surface area (Å²) in [4.78, 5) is 0. The van der Waals surface area contributed by atoms with E-state index in [0.717, 1.165) is 24.1 Å². The highest BCUT2D eigenvalue weighted by atomic mass is 14.4. The summed E-state index contributed by atoms with van der Waals surface area (Å²) in [6.07, 6.45) is 1.83. The molecule has 0 saturated carbocycles. The maximum atomic E-state index is 7.86. The molecule has 0 aliphatic rings. The first kappa shape index (κ1) is 9.97. The molecular weight excluding hydrogens is 158 g/mol. The van der Waals surface area contributed by atoms with Crippen LogP contribution in [0.5, 0.6) is 0 Å². The van der Waals surface area contributed by atoms with Crippen molar-refractivity contribution in [1.82, 2.24) is 0 Å². The molecule has 0 radical (unpaired) electrons. The molecule has 0 aromatic heterocycles. The molecule has 0 spiro atoms. The lowest BCUT2D eigenvalue weighted by Crippen LogP contribution is -2.04. The normalized spacial score (nSPS) is 10.1. The third-order valence-corrected chi connectivity index (χ3v) is 2.40. The van der Waals surface area contributed by atoms with Gasteiger partial charge in [-0.3, -0.25) is 0 Å². The molecule has 1 N–H and O–H groups in total. The molecule has 1 heteroatoms. The highest BCUT2D eigenvalue weighted by Gasteiger charge is 2.07.